The van der Waals surface area contributed by atoms with Crippen molar-refractivity contribution in [3.63, 3.8) is 0 Å². The smallest absolute Gasteiger partial charge is 0.393 e. The summed E-state index contributed by atoms with van der Waals surface area (Å²) in [6.07, 6.45) is -3.27. The molecule has 0 aromatic carbocycles. The van der Waals surface area contributed by atoms with Crippen LogP contribution in [0.3, 0.4) is 0 Å². The molecule has 3 nitrogen and oxygen atoms in total. The predicted octanol–water partition coefficient (Wildman–Crippen LogP) is 2.47. The lowest BCUT2D eigenvalue weighted by Crippen LogP contribution is -2.23. The van der Waals surface area contributed by atoms with Crippen molar-refractivity contribution in [2.45, 2.75) is 6.18 Å². The molecule has 0 amide bonds. The Bertz CT molecular complexity index is 452. The van der Waals surface area contributed by atoms with Gasteiger partial charge in [0.15, 0.2) is 0 Å². The van der Waals surface area contributed by atoms with Crippen LogP contribution < -0.4 is 5.73 Å². The standard InChI is InChI=1S/C10H9ClF3N3/c1-16-8(6-4-2-3-5-17-6)7(11)9(15)10(12,13)14/h2-5H,15H2,1H3. The van der Waals surface area contributed by atoms with Crippen molar-refractivity contribution in [2.24, 2.45) is 10.7 Å². The van der Waals surface area contributed by atoms with Crippen LogP contribution in [-0.4, -0.2) is 23.9 Å². The molecule has 0 aliphatic carbocycles. The first-order valence-corrected chi connectivity index (χ1v) is 4.86. The highest BCUT2D eigenvalue weighted by molar-refractivity contribution is 6.46. The van der Waals surface area contributed by atoms with Crippen LogP contribution in [0.2, 0.25) is 0 Å². The molecule has 0 unspecified atom stereocenters. The molecule has 92 valence electrons. The summed E-state index contributed by atoms with van der Waals surface area (Å²) in [6, 6.07) is 4.73. The summed E-state index contributed by atoms with van der Waals surface area (Å²) in [7, 11) is 1.32. The van der Waals surface area contributed by atoms with Gasteiger partial charge in [-0.1, -0.05) is 17.7 Å². The first kappa shape index (κ1) is 13.5. The molecule has 0 spiro atoms. The van der Waals surface area contributed by atoms with Crippen molar-refractivity contribution >= 4 is 17.3 Å². The molecule has 0 aliphatic heterocycles. The Morgan fingerprint density at radius 3 is 2.47 bits per heavy atom. The summed E-state index contributed by atoms with van der Waals surface area (Å²) in [6.45, 7) is 0. The number of aromatic nitrogens is 1. The van der Waals surface area contributed by atoms with Gasteiger partial charge in [0.1, 0.15) is 11.4 Å². The zero-order valence-corrected chi connectivity index (χ0v) is 9.55. The van der Waals surface area contributed by atoms with Crippen LogP contribution in [0.5, 0.6) is 0 Å². The second-order valence-electron chi connectivity index (χ2n) is 3.01. The third kappa shape index (κ3) is 3.20. The van der Waals surface area contributed by atoms with E-state index < -0.39 is 16.9 Å². The molecule has 2 N–H and O–H groups in total. The molecule has 0 saturated heterocycles. The first-order valence-electron chi connectivity index (χ1n) is 4.49. The van der Waals surface area contributed by atoms with E-state index in [1.165, 1.54) is 19.3 Å². The predicted molar refractivity (Wildman–Crippen MR) is 59.8 cm³/mol. The molecular weight excluding hydrogens is 255 g/mol. The second kappa shape index (κ2) is 5.18. The lowest BCUT2D eigenvalue weighted by Gasteiger charge is -2.10. The fourth-order valence-electron chi connectivity index (χ4n) is 1.08. The summed E-state index contributed by atoms with van der Waals surface area (Å²) in [4.78, 5) is 7.54. The van der Waals surface area contributed by atoms with Crippen molar-refractivity contribution in [3.8, 4) is 0 Å². The van der Waals surface area contributed by atoms with Gasteiger partial charge < -0.3 is 5.73 Å². The number of hydrogen-bond acceptors (Lipinski definition) is 3. The molecule has 0 bridgehead atoms. The fraction of sp³-hybridized carbons (Fsp3) is 0.200. The monoisotopic (exact) mass is 263 g/mol. The number of halogens is 4. The Morgan fingerprint density at radius 1 is 1.41 bits per heavy atom. The zero-order valence-electron chi connectivity index (χ0n) is 8.79. The highest BCUT2D eigenvalue weighted by Gasteiger charge is 2.35. The molecular formula is C10H9ClF3N3. The van der Waals surface area contributed by atoms with E-state index >= 15 is 0 Å². The molecule has 1 aromatic heterocycles. The van der Waals surface area contributed by atoms with Gasteiger partial charge in [-0.2, -0.15) is 13.2 Å². The van der Waals surface area contributed by atoms with E-state index in [4.69, 9.17) is 17.3 Å². The Balaban J connectivity index is 3.24. The Kier molecular flexibility index (Phi) is 4.11. The van der Waals surface area contributed by atoms with Gasteiger partial charge in [-0.05, 0) is 12.1 Å². The van der Waals surface area contributed by atoms with Crippen LogP contribution in [0.15, 0.2) is 40.1 Å². The molecule has 0 saturated carbocycles. The SMILES string of the molecule is CN=C(C(Cl)=C(N)C(F)(F)F)c1ccccn1. The number of alkyl halides is 3. The second-order valence-corrected chi connectivity index (χ2v) is 3.39. The molecule has 0 aliphatic rings. The van der Waals surface area contributed by atoms with Crippen molar-refractivity contribution in [1.29, 1.82) is 0 Å². The molecule has 17 heavy (non-hydrogen) atoms. The lowest BCUT2D eigenvalue weighted by atomic mass is 10.2. The maximum absolute atomic E-state index is 12.4. The van der Waals surface area contributed by atoms with Crippen LogP contribution in [0.25, 0.3) is 0 Å². The third-order valence-corrected chi connectivity index (χ3v) is 2.26. The lowest BCUT2D eigenvalue weighted by molar-refractivity contribution is -0.0927. The largest absolute Gasteiger partial charge is 0.432 e. The molecule has 1 rings (SSSR count). The zero-order chi connectivity index (χ0) is 13.1. The van der Waals surface area contributed by atoms with Crippen molar-refractivity contribution < 1.29 is 13.2 Å². The van der Waals surface area contributed by atoms with Gasteiger partial charge in [0, 0.05) is 13.2 Å². The number of nitrogens with zero attached hydrogens (tertiary/aromatic N) is 2. The van der Waals surface area contributed by atoms with Gasteiger partial charge in [-0.15, -0.1) is 0 Å². The third-order valence-electron chi connectivity index (χ3n) is 1.88. The van der Waals surface area contributed by atoms with Gasteiger partial charge in [0.05, 0.1) is 10.7 Å². The van der Waals surface area contributed by atoms with Crippen LogP contribution in [0.4, 0.5) is 13.2 Å². The van der Waals surface area contributed by atoms with Crippen LogP contribution >= 0.6 is 11.6 Å². The van der Waals surface area contributed by atoms with E-state index in [-0.39, 0.29) is 11.4 Å². The van der Waals surface area contributed by atoms with Gasteiger partial charge in [-0.3, -0.25) is 9.98 Å². The molecule has 0 radical (unpaired) electrons. The van der Waals surface area contributed by atoms with E-state index in [9.17, 15) is 13.2 Å². The number of allylic oxidation sites excluding steroid dienone is 2. The highest BCUT2D eigenvalue weighted by Crippen LogP contribution is 2.27. The van der Waals surface area contributed by atoms with Gasteiger partial charge in [0.25, 0.3) is 0 Å². The topological polar surface area (TPSA) is 51.3 Å². The van der Waals surface area contributed by atoms with E-state index in [2.05, 4.69) is 9.98 Å². The summed E-state index contributed by atoms with van der Waals surface area (Å²) in [5.74, 6) is 0. The van der Waals surface area contributed by atoms with E-state index in [1.807, 2.05) is 0 Å². The quantitative estimate of drug-likeness (QED) is 0.834. The summed E-state index contributed by atoms with van der Waals surface area (Å²) in [5, 5.41) is -0.654. The van der Waals surface area contributed by atoms with E-state index in [0.29, 0.717) is 0 Å². The average molecular weight is 264 g/mol. The van der Waals surface area contributed by atoms with E-state index in [0.717, 1.165) is 0 Å². The minimum atomic E-state index is -4.69. The highest BCUT2D eigenvalue weighted by atomic mass is 35.5. The summed E-state index contributed by atoms with van der Waals surface area (Å²) >= 11 is 5.58. The molecule has 0 atom stereocenters. The Hall–Kier alpha value is -1.56. The molecule has 1 aromatic rings. The van der Waals surface area contributed by atoms with Gasteiger partial charge in [-0.25, -0.2) is 0 Å². The number of hydrogen-bond donors (Lipinski definition) is 1. The summed E-state index contributed by atoms with van der Waals surface area (Å²) in [5.41, 5.74) is 3.67. The number of aliphatic imine (C=N–C) groups is 1. The van der Waals surface area contributed by atoms with Gasteiger partial charge >= 0.3 is 6.18 Å². The maximum Gasteiger partial charge on any atom is 0.432 e. The van der Waals surface area contributed by atoms with Crippen molar-refractivity contribution in [2.75, 3.05) is 7.05 Å². The fourth-order valence-corrected chi connectivity index (χ4v) is 1.37. The minimum absolute atomic E-state index is 0.0953. The molecule has 0 fully saturated rings. The average Bonchev–Trinajstić information content (AvgIpc) is 2.29. The van der Waals surface area contributed by atoms with Crippen LogP contribution in [0.1, 0.15) is 5.69 Å². The van der Waals surface area contributed by atoms with Crippen molar-refractivity contribution in [1.82, 2.24) is 4.98 Å². The molecule has 1 heterocycles. The summed E-state index contributed by atoms with van der Waals surface area (Å²) < 4.78 is 37.1. The van der Waals surface area contributed by atoms with Crippen LogP contribution in [-0.2, 0) is 0 Å². The van der Waals surface area contributed by atoms with Crippen LogP contribution in [0, 0.1) is 0 Å². The normalized spacial score (nSPS) is 14.5. The Labute approximate surface area is 101 Å². The maximum atomic E-state index is 12.4. The minimum Gasteiger partial charge on any atom is -0.393 e. The first-order chi connectivity index (χ1) is 7.88. The van der Waals surface area contributed by atoms with E-state index in [1.54, 1.807) is 12.1 Å². The molecule has 7 heteroatoms. The number of rotatable bonds is 2. The Morgan fingerprint density at radius 2 is 2.06 bits per heavy atom. The van der Waals surface area contributed by atoms with Gasteiger partial charge in [0.2, 0.25) is 0 Å². The number of nitrogens with two attached hydrogens (primary N) is 1. The number of pyridine rings is 1. The van der Waals surface area contributed by atoms with Crippen molar-refractivity contribution in [3.05, 3.63) is 40.8 Å².